The first-order chi connectivity index (χ1) is 21.1. The van der Waals surface area contributed by atoms with E-state index in [0.29, 0.717) is 5.92 Å². The first-order valence-electron chi connectivity index (χ1n) is 16.3. The van der Waals surface area contributed by atoms with Crippen molar-refractivity contribution in [2.75, 3.05) is 0 Å². The summed E-state index contributed by atoms with van der Waals surface area (Å²) in [5.41, 5.74) is 5.55. The summed E-state index contributed by atoms with van der Waals surface area (Å²) >= 11 is 0. The van der Waals surface area contributed by atoms with Crippen LogP contribution < -0.4 is 0 Å². The van der Waals surface area contributed by atoms with E-state index < -0.39 is 0 Å². The summed E-state index contributed by atoms with van der Waals surface area (Å²) in [7, 11) is 0. The Morgan fingerprint density at radius 2 is 0.953 bits per heavy atom. The minimum absolute atomic E-state index is 0.342. The topological polar surface area (TPSA) is 0 Å². The van der Waals surface area contributed by atoms with E-state index in [9.17, 15) is 0 Å². The van der Waals surface area contributed by atoms with Crippen molar-refractivity contribution in [3.63, 3.8) is 0 Å². The highest BCUT2D eigenvalue weighted by Crippen LogP contribution is 2.43. The first-order valence-corrected chi connectivity index (χ1v) is 16.3. The second-order valence-corrected chi connectivity index (χ2v) is 11.2. The Kier molecular flexibility index (Phi) is 11.3. The van der Waals surface area contributed by atoms with Crippen molar-refractivity contribution in [3.05, 3.63) is 138 Å². The minimum atomic E-state index is 0.342. The lowest BCUT2D eigenvalue weighted by molar-refractivity contribution is 0.868. The summed E-state index contributed by atoms with van der Waals surface area (Å²) in [5, 5.41) is 10.7. The van der Waals surface area contributed by atoms with Crippen molar-refractivity contribution in [1.29, 1.82) is 0 Å². The molecule has 0 radical (unpaired) electrons. The molecule has 0 bridgehead atoms. The van der Waals surface area contributed by atoms with Crippen molar-refractivity contribution >= 4 is 48.7 Å². The Balaban J connectivity index is 0.000000483. The van der Waals surface area contributed by atoms with Crippen molar-refractivity contribution in [1.82, 2.24) is 0 Å². The number of allylic oxidation sites excluding steroid dienone is 4. The largest absolute Gasteiger partial charge is 0.0737 e. The van der Waals surface area contributed by atoms with E-state index in [1.807, 2.05) is 13.8 Å². The van der Waals surface area contributed by atoms with E-state index >= 15 is 0 Å². The predicted molar refractivity (Wildman–Crippen MR) is 195 cm³/mol. The molecule has 0 N–H and O–H groups in total. The van der Waals surface area contributed by atoms with Crippen molar-refractivity contribution in [2.45, 2.75) is 73.6 Å². The molecule has 6 aromatic rings. The van der Waals surface area contributed by atoms with Crippen LogP contribution in [-0.4, -0.2) is 0 Å². The van der Waals surface area contributed by atoms with Crippen LogP contribution in [0.1, 0.15) is 84.8 Å². The van der Waals surface area contributed by atoms with Crippen LogP contribution >= 0.6 is 0 Å². The normalized spacial score (nSPS) is 14.1. The molecule has 43 heavy (non-hydrogen) atoms. The maximum atomic E-state index is 2.46. The van der Waals surface area contributed by atoms with Gasteiger partial charge in [-0.1, -0.05) is 169 Å². The summed E-state index contributed by atoms with van der Waals surface area (Å²) in [5.74, 6) is 0.342. The molecule has 0 nitrogen and oxygen atoms in total. The molecule has 0 saturated heterocycles. The number of fused-ring (bicyclic) bond motifs is 6. The molecule has 7 rings (SSSR count). The molecule has 1 aliphatic rings. The zero-order chi connectivity index (χ0) is 30.8. The molecule has 220 valence electrons. The predicted octanol–water partition coefficient (Wildman–Crippen LogP) is 13.7. The van der Waals surface area contributed by atoms with Gasteiger partial charge in [-0.05, 0) is 85.3 Å². The standard InChI is InChI=1S/C35H26.2C3H8.C2H6/c1-23-18-26(34-21-24-10-2-4-12-28(24)30-14-6-8-16-32(30)34)20-27(19-23)35-22-25-11-3-5-13-29(25)31-15-7-9-17-33(31)35;2*1-3-2;1-2/h2-19,21-22,26H,20H2,1H3;2*3H2,1-2H3;1-2H3. The second kappa shape index (κ2) is 15.4. The SMILES string of the molecule is CC.CC1=CC(c2cc3ccccc3c3ccccc23)CC(c2cc3ccccc3c3ccccc23)=C1.CCC.CCC. The van der Waals surface area contributed by atoms with Gasteiger partial charge in [-0.2, -0.15) is 0 Å². The fourth-order valence-electron chi connectivity index (χ4n) is 6.09. The van der Waals surface area contributed by atoms with Gasteiger partial charge in [-0.3, -0.25) is 0 Å². The highest BCUT2D eigenvalue weighted by Gasteiger charge is 2.21. The van der Waals surface area contributed by atoms with Crippen LogP contribution in [0.15, 0.2) is 127 Å². The van der Waals surface area contributed by atoms with Crippen LogP contribution in [0.5, 0.6) is 0 Å². The molecule has 0 aromatic heterocycles. The Morgan fingerprint density at radius 3 is 1.51 bits per heavy atom. The van der Waals surface area contributed by atoms with E-state index in [2.05, 4.69) is 156 Å². The molecule has 0 spiro atoms. The van der Waals surface area contributed by atoms with Gasteiger partial charge < -0.3 is 0 Å². The van der Waals surface area contributed by atoms with Gasteiger partial charge in [0.2, 0.25) is 0 Å². The smallest absolute Gasteiger partial charge is 0.00706 e. The van der Waals surface area contributed by atoms with Crippen molar-refractivity contribution in [3.8, 4) is 0 Å². The molecule has 0 aliphatic heterocycles. The monoisotopic (exact) mass is 564 g/mol. The lowest BCUT2D eigenvalue weighted by Crippen LogP contribution is -2.04. The Morgan fingerprint density at radius 1 is 0.535 bits per heavy atom. The van der Waals surface area contributed by atoms with Crippen molar-refractivity contribution < 1.29 is 0 Å². The van der Waals surface area contributed by atoms with Gasteiger partial charge in [0.05, 0.1) is 0 Å². The number of hydrogen-bond donors (Lipinski definition) is 0. The van der Waals surface area contributed by atoms with E-state index in [4.69, 9.17) is 0 Å². The summed E-state index contributed by atoms with van der Waals surface area (Å²) in [6.07, 6.45) is 8.36. The average molecular weight is 565 g/mol. The molecule has 0 fully saturated rings. The summed E-state index contributed by atoms with van der Waals surface area (Å²) in [4.78, 5) is 0. The molecular formula is C43H48. The highest BCUT2D eigenvalue weighted by molar-refractivity contribution is 6.12. The Bertz CT molecular complexity index is 1860. The molecule has 0 amide bonds. The minimum Gasteiger partial charge on any atom is -0.0737 e. The van der Waals surface area contributed by atoms with Gasteiger partial charge in [0.15, 0.2) is 0 Å². The summed E-state index contributed by atoms with van der Waals surface area (Å²) < 4.78 is 0. The quantitative estimate of drug-likeness (QED) is 0.183. The zero-order valence-electron chi connectivity index (χ0n) is 27.2. The maximum absolute atomic E-state index is 2.46. The van der Waals surface area contributed by atoms with Crippen LogP contribution in [-0.2, 0) is 0 Å². The van der Waals surface area contributed by atoms with E-state index in [1.165, 1.54) is 78.2 Å². The molecule has 1 aliphatic carbocycles. The van der Waals surface area contributed by atoms with Gasteiger partial charge in [-0.25, -0.2) is 0 Å². The van der Waals surface area contributed by atoms with Crippen LogP contribution in [0.4, 0.5) is 0 Å². The number of benzene rings is 6. The zero-order valence-corrected chi connectivity index (χ0v) is 27.2. The van der Waals surface area contributed by atoms with Gasteiger partial charge >= 0.3 is 0 Å². The molecule has 0 saturated carbocycles. The fraction of sp³-hybridized carbons (Fsp3) is 0.256. The van der Waals surface area contributed by atoms with Gasteiger partial charge in [0.25, 0.3) is 0 Å². The van der Waals surface area contributed by atoms with Gasteiger partial charge in [-0.15, -0.1) is 0 Å². The van der Waals surface area contributed by atoms with Crippen LogP contribution in [0.2, 0.25) is 0 Å². The molecule has 1 unspecified atom stereocenters. The fourth-order valence-corrected chi connectivity index (χ4v) is 6.09. The third-order valence-corrected chi connectivity index (χ3v) is 7.62. The van der Waals surface area contributed by atoms with Crippen LogP contribution in [0, 0.1) is 0 Å². The molecule has 1 atom stereocenters. The summed E-state index contributed by atoms with van der Waals surface area (Å²) in [6, 6.07) is 40.2. The Labute approximate surface area is 259 Å². The molecular weight excluding hydrogens is 516 g/mol. The molecule has 0 heterocycles. The second-order valence-electron chi connectivity index (χ2n) is 11.2. The maximum Gasteiger partial charge on any atom is 0.00706 e. The first kappa shape index (κ1) is 31.8. The molecule has 0 heteroatoms. The van der Waals surface area contributed by atoms with E-state index in [-0.39, 0.29) is 0 Å². The lowest BCUT2D eigenvalue weighted by Gasteiger charge is -2.25. The highest BCUT2D eigenvalue weighted by atomic mass is 14.3. The number of hydrogen-bond acceptors (Lipinski definition) is 0. The van der Waals surface area contributed by atoms with E-state index in [0.717, 1.165) is 6.42 Å². The summed E-state index contributed by atoms with van der Waals surface area (Å²) in [6.45, 7) is 14.7. The third-order valence-electron chi connectivity index (χ3n) is 7.62. The van der Waals surface area contributed by atoms with Crippen LogP contribution in [0.25, 0.3) is 48.7 Å². The number of rotatable bonds is 2. The lowest BCUT2D eigenvalue weighted by atomic mass is 9.79. The van der Waals surface area contributed by atoms with E-state index in [1.54, 1.807) is 0 Å². The van der Waals surface area contributed by atoms with Crippen molar-refractivity contribution in [2.24, 2.45) is 0 Å². The molecule has 6 aromatic carbocycles. The van der Waals surface area contributed by atoms with Gasteiger partial charge in [0, 0.05) is 5.92 Å². The van der Waals surface area contributed by atoms with Gasteiger partial charge in [0.1, 0.15) is 0 Å². The van der Waals surface area contributed by atoms with Crippen LogP contribution in [0.3, 0.4) is 0 Å². The third kappa shape index (κ3) is 6.91. The average Bonchev–Trinajstić information content (AvgIpc) is 3.05. The Hall–Kier alpha value is -4.16.